The monoisotopic (exact) mass is 586 g/mol. The van der Waals surface area contributed by atoms with E-state index < -0.39 is 24.0 Å². The predicted octanol–water partition coefficient (Wildman–Crippen LogP) is 6.84. The SMILES string of the molecule is CC(C)c1ccc(C2c3[nH]c4ccccc4c3CC3C(=O)N(c4ccccc4C(=O)NCc4ccc(F)cc4)C(=O)N32)cc1. The van der Waals surface area contributed by atoms with Crippen LogP contribution in [0.3, 0.4) is 0 Å². The van der Waals surface area contributed by atoms with Gasteiger partial charge in [0.1, 0.15) is 17.9 Å². The Morgan fingerprint density at radius 2 is 1.64 bits per heavy atom. The summed E-state index contributed by atoms with van der Waals surface area (Å²) in [6.07, 6.45) is 0.361. The standard InChI is InChI=1S/C36H31FN4O3/c1-21(2)23-13-15-24(16-14-23)33-32-28(26-7-3-5-9-29(26)39-32)19-31-35(43)41(36(44)40(31)33)30-10-6-4-8-27(30)34(42)38-20-22-11-17-25(37)18-12-22/h3-18,21,31,33,39H,19-20H2,1-2H3,(H,38,42). The number of aromatic nitrogens is 1. The molecule has 7 rings (SSSR count). The second-order valence-electron chi connectivity index (χ2n) is 11.7. The molecule has 0 aliphatic carbocycles. The van der Waals surface area contributed by atoms with Crippen LogP contribution >= 0.6 is 0 Å². The van der Waals surface area contributed by atoms with E-state index in [2.05, 4.69) is 36.3 Å². The predicted molar refractivity (Wildman–Crippen MR) is 167 cm³/mol. The lowest BCUT2D eigenvalue weighted by Gasteiger charge is -2.36. The zero-order valence-electron chi connectivity index (χ0n) is 24.4. The average molecular weight is 587 g/mol. The number of fused-ring (bicyclic) bond motifs is 4. The Kier molecular flexibility index (Phi) is 6.77. The number of carbonyl (C=O) groups is 3. The van der Waals surface area contributed by atoms with Gasteiger partial charge in [0, 0.05) is 29.6 Å². The molecule has 8 heteroatoms. The van der Waals surface area contributed by atoms with Crippen molar-refractivity contribution in [3.05, 3.63) is 136 Å². The van der Waals surface area contributed by atoms with Crippen molar-refractivity contribution in [3.8, 4) is 0 Å². The van der Waals surface area contributed by atoms with E-state index >= 15 is 0 Å². The minimum Gasteiger partial charge on any atom is -0.356 e. The molecule has 5 aromatic rings. The molecule has 0 spiro atoms. The van der Waals surface area contributed by atoms with E-state index in [4.69, 9.17) is 0 Å². The van der Waals surface area contributed by atoms with Gasteiger partial charge in [-0.1, -0.05) is 80.6 Å². The first-order chi connectivity index (χ1) is 21.3. The fourth-order valence-electron chi connectivity index (χ4n) is 6.45. The Bertz CT molecular complexity index is 1910. The Balaban J connectivity index is 1.27. The molecule has 44 heavy (non-hydrogen) atoms. The number of imide groups is 1. The topological polar surface area (TPSA) is 85.5 Å². The summed E-state index contributed by atoms with van der Waals surface area (Å²) in [5, 5.41) is 3.87. The van der Waals surface area contributed by atoms with Gasteiger partial charge in [-0.25, -0.2) is 14.1 Å². The van der Waals surface area contributed by atoms with Crippen molar-refractivity contribution in [1.82, 2.24) is 15.2 Å². The van der Waals surface area contributed by atoms with E-state index in [1.54, 1.807) is 41.3 Å². The fraction of sp³-hybridized carbons (Fsp3) is 0.194. The van der Waals surface area contributed by atoms with Crippen LogP contribution in [0, 0.1) is 5.82 Å². The molecule has 4 amide bonds. The minimum atomic E-state index is -0.737. The second kappa shape index (κ2) is 10.8. The molecule has 0 bridgehead atoms. The van der Waals surface area contributed by atoms with E-state index in [-0.39, 0.29) is 29.5 Å². The van der Waals surface area contributed by atoms with E-state index in [1.807, 2.05) is 36.4 Å². The molecule has 1 saturated heterocycles. The van der Waals surface area contributed by atoms with Gasteiger partial charge in [0.05, 0.1) is 11.3 Å². The highest BCUT2D eigenvalue weighted by Crippen LogP contribution is 2.45. The number of carbonyl (C=O) groups excluding carboxylic acids is 3. The normalized spacial score (nSPS) is 17.7. The third-order valence-electron chi connectivity index (χ3n) is 8.72. The number of nitrogens with zero attached hydrogens (tertiary/aromatic N) is 2. The van der Waals surface area contributed by atoms with Gasteiger partial charge in [0.25, 0.3) is 11.8 Å². The van der Waals surface area contributed by atoms with Crippen LogP contribution < -0.4 is 10.2 Å². The molecule has 4 aromatic carbocycles. The number of benzene rings is 4. The molecule has 3 heterocycles. The number of rotatable bonds is 6. The Morgan fingerprint density at radius 3 is 2.39 bits per heavy atom. The maximum atomic E-state index is 14.4. The summed E-state index contributed by atoms with van der Waals surface area (Å²) >= 11 is 0. The van der Waals surface area contributed by atoms with Crippen LogP contribution in [0.15, 0.2) is 97.1 Å². The number of hydrogen-bond donors (Lipinski definition) is 2. The van der Waals surface area contributed by atoms with Gasteiger partial charge in [0.2, 0.25) is 0 Å². The number of hydrogen-bond acceptors (Lipinski definition) is 3. The number of nitrogens with one attached hydrogen (secondary N) is 2. The summed E-state index contributed by atoms with van der Waals surface area (Å²) in [7, 11) is 0. The zero-order valence-corrected chi connectivity index (χ0v) is 24.4. The van der Waals surface area contributed by atoms with Gasteiger partial charge < -0.3 is 10.3 Å². The molecule has 1 aromatic heterocycles. The lowest BCUT2D eigenvalue weighted by Crippen LogP contribution is -2.44. The van der Waals surface area contributed by atoms with E-state index in [9.17, 15) is 18.8 Å². The summed E-state index contributed by atoms with van der Waals surface area (Å²) in [4.78, 5) is 48.4. The first kappa shape index (κ1) is 27.6. The van der Waals surface area contributed by atoms with E-state index in [1.165, 1.54) is 17.7 Å². The number of para-hydroxylation sites is 2. The molecule has 7 nitrogen and oxygen atoms in total. The van der Waals surface area contributed by atoms with Crippen molar-refractivity contribution in [2.45, 2.75) is 44.8 Å². The van der Waals surface area contributed by atoms with Gasteiger partial charge in [0.15, 0.2) is 0 Å². The molecule has 2 N–H and O–H groups in total. The summed E-state index contributed by atoms with van der Waals surface area (Å²) in [5.41, 5.74) is 6.13. The van der Waals surface area contributed by atoms with Crippen LogP contribution in [0.1, 0.15) is 64.1 Å². The molecule has 0 radical (unpaired) electrons. The van der Waals surface area contributed by atoms with Gasteiger partial charge in [-0.2, -0.15) is 0 Å². The maximum Gasteiger partial charge on any atom is 0.332 e. The van der Waals surface area contributed by atoms with Crippen LogP contribution in [0.25, 0.3) is 10.9 Å². The summed E-state index contributed by atoms with van der Waals surface area (Å²) in [6, 6.07) is 27.0. The van der Waals surface area contributed by atoms with E-state index in [0.717, 1.165) is 38.2 Å². The van der Waals surface area contributed by atoms with Crippen molar-refractivity contribution >= 4 is 34.4 Å². The second-order valence-corrected chi connectivity index (χ2v) is 11.7. The smallest absolute Gasteiger partial charge is 0.332 e. The summed E-state index contributed by atoms with van der Waals surface area (Å²) < 4.78 is 13.3. The first-order valence-corrected chi connectivity index (χ1v) is 14.8. The molecule has 2 atom stereocenters. The number of amides is 4. The first-order valence-electron chi connectivity index (χ1n) is 14.8. The number of anilines is 1. The van der Waals surface area contributed by atoms with Crippen molar-refractivity contribution in [2.75, 3.05) is 4.90 Å². The van der Waals surface area contributed by atoms with Crippen LogP contribution in [0.5, 0.6) is 0 Å². The third-order valence-corrected chi connectivity index (χ3v) is 8.72. The van der Waals surface area contributed by atoms with Gasteiger partial charge in [-0.3, -0.25) is 14.5 Å². The lowest BCUT2D eigenvalue weighted by molar-refractivity contribution is -0.120. The highest BCUT2D eigenvalue weighted by Gasteiger charge is 2.53. The van der Waals surface area contributed by atoms with Gasteiger partial charge in [-0.15, -0.1) is 0 Å². The van der Waals surface area contributed by atoms with Crippen molar-refractivity contribution in [3.63, 3.8) is 0 Å². The largest absolute Gasteiger partial charge is 0.356 e. The van der Waals surface area contributed by atoms with Crippen molar-refractivity contribution in [2.24, 2.45) is 0 Å². The molecule has 220 valence electrons. The highest BCUT2D eigenvalue weighted by atomic mass is 19.1. The van der Waals surface area contributed by atoms with Crippen molar-refractivity contribution < 1.29 is 18.8 Å². The molecule has 0 saturated carbocycles. The number of aromatic amines is 1. The zero-order chi connectivity index (χ0) is 30.5. The number of halogens is 1. The maximum absolute atomic E-state index is 14.4. The molecule has 1 fully saturated rings. The van der Waals surface area contributed by atoms with Crippen LogP contribution in [-0.4, -0.2) is 33.8 Å². The molecule has 2 aliphatic rings. The minimum absolute atomic E-state index is 0.167. The third kappa shape index (κ3) is 4.54. The quantitative estimate of drug-likeness (QED) is 0.214. The average Bonchev–Trinajstić information content (AvgIpc) is 3.53. The van der Waals surface area contributed by atoms with Crippen LogP contribution in [-0.2, 0) is 17.8 Å². The summed E-state index contributed by atoms with van der Waals surface area (Å²) in [5.74, 6) is -0.815. The molecule has 2 aliphatic heterocycles. The van der Waals surface area contributed by atoms with Gasteiger partial charge in [-0.05, 0) is 58.5 Å². The molecule has 2 unspecified atom stereocenters. The molecular formula is C36H31FN4O3. The number of H-pyrrole nitrogens is 1. The Hall–Kier alpha value is -5.24. The highest BCUT2D eigenvalue weighted by molar-refractivity contribution is 6.24. The van der Waals surface area contributed by atoms with Crippen LogP contribution in [0.2, 0.25) is 0 Å². The van der Waals surface area contributed by atoms with E-state index in [0.29, 0.717) is 12.3 Å². The van der Waals surface area contributed by atoms with Crippen LogP contribution in [0.4, 0.5) is 14.9 Å². The number of urea groups is 1. The lowest BCUT2D eigenvalue weighted by atomic mass is 9.88. The summed E-state index contributed by atoms with van der Waals surface area (Å²) in [6.45, 7) is 4.44. The van der Waals surface area contributed by atoms with Crippen molar-refractivity contribution in [1.29, 1.82) is 0 Å². The Morgan fingerprint density at radius 1 is 0.932 bits per heavy atom. The molecular weight excluding hydrogens is 555 g/mol. The fourth-order valence-corrected chi connectivity index (χ4v) is 6.45. The Labute approximate surface area is 254 Å². The van der Waals surface area contributed by atoms with Gasteiger partial charge >= 0.3 is 6.03 Å².